The molecule has 32 heavy (non-hydrogen) atoms. The summed E-state index contributed by atoms with van der Waals surface area (Å²) in [6.45, 7) is 2.08. The molecule has 1 aliphatic carbocycles. The van der Waals surface area contributed by atoms with Gasteiger partial charge in [-0.25, -0.2) is 9.18 Å². The van der Waals surface area contributed by atoms with Gasteiger partial charge >= 0.3 is 36.3 Å². The minimum atomic E-state index is -6.50. The van der Waals surface area contributed by atoms with E-state index in [1.165, 1.54) is 0 Å². The fraction of sp³-hybridized carbons (Fsp3) is 0.812. The number of hydrogen-bond donors (Lipinski definition) is 1. The largest absolute Gasteiger partial charge is 0.437 e. The maximum atomic E-state index is 13.9. The summed E-state index contributed by atoms with van der Waals surface area (Å²) in [6, 6.07) is 0. The number of esters is 1. The number of aliphatic hydroxyl groups excluding tert-OH is 1. The van der Waals surface area contributed by atoms with Crippen molar-refractivity contribution in [3.8, 4) is 0 Å². The van der Waals surface area contributed by atoms with Gasteiger partial charge in [-0.3, -0.25) is 0 Å². The average Bonchev–Trinajstić information content (AvgIpc) is 2.60. The van der Waals surface area contributed by atoms with E-state index in [1.54, 1.807) is 0 Å². The van der Waals surface area contributed by atoms with Crippen LogP contribution in [0, 0.1) is 11.8 Å². The highest BCUT2D eigenvalue weighted by Crippen LogP contribution is 2.55. The molecule has 3 nitrogen and oxygen atoms in total. The van der Waals surface area contributed by atoms with E-state index in [4.69, 9.17) is 5.11 Å². The number of carbonyl (C=O) groups excluding carboxylic acids is 1. The first kappa shape index (κ1) is 28.3. The van der Waals surface area contributed by atoms with Crippen LogP contribution < -0.4 is 0 Å². The van der Waals surface area contributed by atoms with Gasteiger partial charge in [0.15, 0.2) is 6.10 Å². The Hall–Kier alpha value is -1.74. The standard InChI is InChI=1S/C16H15F13O3/c1-6(13(18,19)20)11(31)32-12(15(24,25)26,16(27,28)29)8-4-2-7(3-5-8)9(17)10(30)14(21,22)23/h7-10,30H,1-5H2. The molecule has 1 N–H and O–H groups in total. The molecule has 1 fully saturated rings. The second-order valence-electron chi connectivity index (χ2n) is 7.14. The Bertz CT molecular complexity index is 667. The number of ether oxygens (including phenoxy) is 1. The van der Waals surface area contributed by atoms with E-state index in [2.05, 4.69) is 11.3 Å². The summed E-state index contributed by atoms with van der Waals surface area (Å²) in [5.74, 6) is -7.65. The number of aliphatic hydroxyl groups is 1. The van der Waals surface area contributed by atoms with Crippen molar-refractivity contribution in [2.75, 3.05) is 0 Å². The molecule has 0 aromatic carbocycles. The summed E-state index contributed by atoms with van der Waals surface area (Å²) in [5.41, 5.74) is -8.11. The zero-order valence-corrected chi connectivity index (χ0v) is 15.5. The van der Waals surface area contributed by atoms with Gasteiger partial charge in [-0.15, -0.1) is 0 Å². The monoisotopic (exact) mass is 502 g/mol. The normalized spacial score (nSPS) is 23.4. The molecule has 0 bridgehead atoms. The zero-order chi connectivity index (χ0) is 25.5. The van der Waals surface area contributed by atoms with E-state index in [1.807, 2.05) is 0 Å². The molecule has 2 unspecified atom stereocenters. The Morgan fingerprint density at radius 1 is 0.844 bits per heavy atom. The van der Waals surface area contributed by atoms with E-state index in [0.717, 1.165) is 0 Å². The Morgan fingerprint density at radius 2 is 1.25 bits per heavy atom. The van der Waals surface area contributed by atoms with Gasteiger partial charge in [0.2, 0.25) is 0 Å². The van der Waals surface area contributed by atoms with Crippen molar-refractivity contribution < 1.29 is 71.7 Å². The number of alkyl halides is 13. The molecular weight excluding hydrogens is 487 g/mol. The van der Waals surface area contributed by atoms with E-state index in [0.29, 0.717) is 0 Å². The summed E-state index contributed by atoms with van der Waals surface area (Å²) >= 11 is 0. The first-order valence-corrected chi connectivity index (χ1v) is 8.59. The van der Waals surface area contributed by atoms with Crippen LogP contribution in [0.5, 0.6) is 0 Å². The van der Waals surface area contributed by atoms with E-state index in [-0.39, 0.29) is 0 Å². The fourth-order valence-electron chi connectivity index (χ4n) is 3.43. The molecule has 0 radical (unpaired) electrons. The minimum absolute atomic E-state index is 1.04. The highest BCUT2D eigenvalue weighted by molar-refractivity contribution is 5.89. The molecule has 0 aromatic heterocycles. The van der Waals surface area contributed by atoms with Crippen LogP contribution in [0.3, 0.4) is 0 Å². The van der Waals surface area contributed by atoms with Gasteiger partial charge in [0.05, 0.1) is 0 Å². The number of carbonyl (C=O) groups is 1. The molecule has 1 aliphatic rings. The van der Waals surface area contributed by atoms with Crippen molar-refractivity contribution >= 4 is 5.97 Å². The molecule has 0 aliphatic heterocycles. The van der Waals surface area contributed by atoms with Gasteiger partial charge in [-0.2, -0.15) is 52.7 Å². The smallest absolute Gasteiger partial charge is 0.436 e. The molecule has 188 valence electrons. The molecule has 16 heteroatoms. The molecule has 0 aromatic rings. The lowest BCUT2D eigenvalue weighted by atomic mass is 9.71. The van der Waals surface area contributed by atoms with Gasteiger partial charge in [0, 0.05) is 5.92 Å². The molecule has 2 atom stereocenters. The fourth-order valence-corrected chi connectivity index (χ4v) is 3.43. The lowest BCUT2D eigenvalue weighted by Crippen LogP contribution is -2.65. The number of halogens is 13. The van der Waals surface area contributed by atoms with Gasteiger partial charge in [-0.1, -0.05) is 6.58 Å². The van der Waals surface area contributed by atoms with Crippen molar-refractivity contribution in [2.24, 2.45) is 11.8 Å². The third kappa shape index (κ3) is 5.60. The first-order chi connectivity index (χ1) is 14.1. The highest BCUT2D eigenvalue weighted by atomic mass is 19.4. The van der Waals surface area contributed by atoms with Crippen LogP contribution in [0.2, 0.25) is 0 Å². The van der Waals surface area contributed by atoms with Crippen molar-refractivity contribution in [1.82, 2.24) is 0 Å². The van der Waals surface area contributed by atoms with Crippen LogP contribution in [0.4, 0.5) is 57.1 Å². The maximum Gasteiger partial charge on any atom is 0.437 e. The Morgan fingerprint density at radius 3 is 1.56 bits per heavy atom. The van der Waals surface area contributed by atoms with Crippen LogP contribution in [0.1, 0.15) is 25.7 Å². The van der Waals surface area contributed by atoms with E-state index in [9.17, 15) is 61.9 Å². The second kappa shape index (κ2) is 8.89. The van der Waals surface area contributed by atoms with Crippen molar-refractivity contribution in [3.63, 3.8) is 0 Å². The van der Waals surface area contributed by atoms with Crippen molar-refractivity contribution in [2.45, 2.75) is 68.3 Å². The van der Waals surface area contributed by atoms with Crippen molar-refractivity contribution in [1.29, 1.82) is 0 Å². The third-order valence-corrected chi connectivity index (χ3v) is 5.12. The third-order valence-electron chi connectivity index (χ3n) is 5.12. The molecule has 0 spiro atoms. The number of rotatable bonds is 5. The summed E-state index contributed by atoms with van der Waals surface area (Å²) in [6.07, 6.45) is -35.5. The predicted octanol–water partition coefficient (Wildman–Crippen LogP) is 5.58. The number of hydrogen-bond acceptors (Lipinski definition) is 3. The molecule has 0 saturated heterocycles. The SMILES string of the molecule is C=C(C(=O)OC(C1CCC(C(F)C(O)C(F)(F)F)CC1)(C(F)(F)F)C(F)(F)F)C(F)(F)F. The Balaban J connectivity index is 3.27. The van der Waals surface area contributed by atoms with Crippen LogP contribution in [-0.2, 0) is 9.53 Å². The van der Waals surface area contributed by atoms with Gasteiger partial charge in [0.25, 0.3) is 0 Å². The lowest BCUT2D eigenvalue weighted by Gasteiger charge is -2.45. The first-order valence-electron chi connectivity index (χ1n) is 8.59. The zero-order valence-electron chi connectivity index (χ0n) is 15.5. The Kier molecular flexibility index (Phi) is 7.86. The molecule has 0 heterocycles. The lowest BCUT2D eigenvalue weighted by molar-refractivity contribution is -0.388. The van der Waals surface area contributed by atoms with Crippen LogP contribution in [0.25, 0.3) is 0 Å². The maximum absolute atomic E-state index is 13.9. The molecule has 0 amide bonds. The van der Waals surface area contributed by atoms with Gasteiger partial charge < -0.3 is 9.84 Å². The summed E-state index contributed by atoms with van der Waals surface area (Å²) in [7, 11) is 0. The van der Waals surface area contributed by atoms with Crippen LogP contribution >= 0.6 is 0 Å². The second-order valence-corrected chi connectivity index (χ2v) is 7.14. The Labute approximate surface area is 171 Å². The summed E-state index contributed by atoms with van der Waals surface area (Å²) < 4.78 is 173. The minimum Gasteiger partial charge on any atom is -0.436 e. The van der Waals surface area contributed by atoms with Gasteiger partial charge in [0.1, 0.15) is 11.7 Å². The van der Waals surface area contributed by atoms with E-state index >= 15 is 0 Å². The molecular formula is C16H15F13O3. The van der Waals surface area contributed by atoms with Crippen molar-refractivity contribution in [3.05, 3.63) is 12.2 Å². The van der Waals surface area contributed by atoms with Gasteiger partial charge in [-0.05, 0) is 31.6 Å². The molecule has 1 saturated carbocycles. The van der Waals surface area contributed by atoms with E-state index < -0.39 is 91.6 Å². The van der Waals surface area contributed by atoms with Crippen LogP contribution in [0.15, 0.2) is 12.2 Å². The predicted molar refractivity (Wildman–Crippen MR) is 78.5 cm³/mol. The van der Waals surface area contributed by atoms with Crippen LogP contribution in [-0.4, -0.2) is 53.7 Å². The quantitative estimate of drug-likeness (QED) is 0.304. The average molecular weight is 502 g/mol. The highest BCUT2D eigenvalue weighted by Gasteiger charge is 2.77. The topological polar surface area (TPSA) is 46.5 Å². The molecule has 1 rings (SSSR count). The summed E-state index contributed by atoms with van der Waals surface area (Å²) in [4.78, 5) is 11.5. The summed E-state index contributed by atoms with van der Waals surface area (Å²) in [5, 5.41) is 8.90.